The molecule has 1 unspecified atom stereocenters. The molecule has 0 radical (unpaired) electrons. The van der Waals surface area contributed by atoms with E-state index in [1.807, 2.05) is 32.9 Å². The number of aromatic hydroxyl groups is 1. The van der Waals surface area contributed by atoms with E-state index in [0.29, 0.717) is 25.4 Å². The van der Waals surface area contributed by atoms with Crippen LogP contribution in [0.3, 0.4) is 0 Å². The third-order valence-electron chi connectivity index (χ3n) is 5.45. The Hall–Kier alpha value is -2.61. The van der Waals surface area contributed by atoms with Gasteiger partial charge in [-0.1, -0.05) is 26.0 Å². The molecule has 29 heavy (non-hydrogen) atoms. The Labute approximate surface area is 171 Å². The van der Waals surface area contributed by atoms with Crippen molar-refractivity contribution >= 4 is 5.91 Å². The van der Waals surface area contributed by atoms with Gasteiger partial charge in [-0.3, -0.25) is 9.69 Å². The van der Waals surface area contributed by atoms with Crippen molar-refractivity contribution in [3.63, 3.8) is 0 Å². The zero-order chi connectivity index (χ0) is 20.8. The third-order valence-corrected chi connectivity index (χ3v) is 5.45. The van der Waals surface area contributed by atoms with Gasteiger partial charge in [0.25, 0.3) is 0 Å². The number of carbonyl (C=O) groups excluding carboxylic acids is 1. The summed E-state index contributed by atoms with van der Waals surface area (Å²) in [5.74, 6) is 2.51. The van der Waals surface area contributed by atoms with E-state index in [-0.39, 0.29) is 17.6 Å². The van der Waals surface area contributed by atoms with Crippen molar-refractivity contribution in [3.8, 4) is 11.5 Å². The highest BCUT2D eigenvalue weighted by molar-refractivity contribution is 5.78. The summed E-state index contributed by atoms with van der Waals surface area (Å²) in [7, 11) is 0. The Bertz CT molecular complexity index is 836. The lowest BCUT2D eigenvalue weighted by Gasteiger charge is -2.21. The van der Waals surface area contributed by atoms with Crippen molar-refractivity contribution in [1.29, 1.82) is 0 Å². The normalized spacial score (nSPS) is 15.4. The highest BCUT2D eigenvalue weighted by Gasteiger charge is 2.21. The number of phenols is 1. The van der Waals surface area contributed by atoms with Gasteiger partial charge in [-0.15, -0.1) is 10.2 Å². The highest BCUT2D eigenvalue weighted by Crippen LogP contribution is 2.30. The van der Waals surface area contributed by atoms with Crippen LogP contribution in [-0.2, 0) is 30.8 Å². The molecule has 2 N–H and O–H groups in total. The molecule has 1 aromatic carbocycles. The van der Waals surface area contributed by atoms with E-state index in [4.69, 9.17) is 4.74 Å². The second-order valence-corrected chi connectivity index (χ2v) is 7.43. The molecule has 1 aliphatic rings. The first-order chi connectivity index (χ1) is 14.0. The average molecular weight is 402 g/mol. The quantitative estimate of drug-likeness (QED) is 0.704. The molecule has 0 saturated heterocycles. The summed E-state index contributed by atoms with van der Waals surface area (Å²) in [6.07, 6.45) is 1.59. The van der Waals surface area contributed by atoms with Crippen molar-refractivity contribution in [2.75, 3.05) is 19.7 Å². The molecule has 158 valence electrons. The fourth-order valence-corrected chi connectivity index (χ4v) is 3.45. The average Bonchev–Trinajstić information content (AvgIpc) is 3.00. The van der Waals surface area contributed by atoms with Crippen LogP contribution in [0.1, 0.15) is 44.4 Å². The van der Waals surface area contributed by atoms with Crippen LogP contribution in [0.2, 0.25) is 0 Å². The second-order valence-electron chi connectivity index (χ2n) is 7.43. The Morgan fingerprint density at radius 3 is 2.86 bits per heavy atom. The first-order valence-corrected chi connectivity index (χ1v) is 10.4. The number of nitrogens with one attached hydrogen (secondary N) is 1. The number of hydrogen-bond acceptors (Lipinski definition) is 6. The Morgan fingerprint density at radius 1 is 1.28 bits per heavy atom. The summed E-state index contributed by atoms with van der Waals surface area (Å²) in [5.41, 5.74) is 0.856. The maximum atomic E-state index is 12.1. The molecule has 2 heterocycles. The molecule has 1 atom stereocenters. The molecular formula is C21H31N5O3. The van der Waals surface area contributed by atoms with Gasteiger partial charge in [0.1, 0.15) is 5.82 Å². The van der Waals surface area contributed by atoms with E-state index in [0.717, 1.165) is 49.7 Å². The predicted molar refractivity (Wildman–Crippen MR) is 110 cm³/mol. The standard InChI is InChI=1S/C21H31N5O3/c1-4-15(3)21(28)22-13-19-24-23-18-9-10-25(11-12-26(18)19)14-16-7-6-8-17(20(16)27)29-5-2/h6-8,15,27H,4-5,9-14H2,1-3H3,(H,22,28). The highest BCUT2D eigenvalue weighted by atomic mass is 16.5. The zero-order valence-corrected chi connectivity index (χ0v) is 17.5. The summed E-state index contributed by atoms with van der Waals surface area (Å²) in [5, 5.41) is 22.0. The molecule has 1 amide bonds. The summed E-state index contributed by atoms with van der Waals surface area (Å²) in [6.45, 7) is 9.79. The number of carbonyl (C=O) groups is 1. The van der Waals surface area contributed by atoms with Crippen LogP contribution in [0.25, 0.3) is 0 Å². The summed E-state index contributed by atoms with van der Waals surface area (Å²) in [6, 6.07) is 5.62. The van der Waals surface area contributed by atoms with Crippen LogP contribution in [-0.4, -0.2) is 50.4 Å². The molecule has 0 fully saturated rings. The molecule has 0 saturated carbocycles. The molecule has 0 bridgehead atoms. The predicted octanol–water partition coefficient (Wildman–Crippen LogP) is 2.10. The number of hydrogen-bond donors (Lipinski definition) is 2. The maximum absolute atomic E-state index is 12.1. The lowest BCUT2D eigenvalue weighted by molar-refractivity contribution is -0.124. The van der Waals surface area contributed by atoms with Gasteiger partial charge in [-0.05, 0) is 19.4 Å². The number of amides is 1. The van der Waals surface area contributed by atoms with Crippen LogP contribution in [0.4, 0.5) is 0 Å². The van der Waals surface area contributed by atoms with Gasteiger partial charge in [-0.2, -0.15) is 0 Å². The fourth-order valence-electron chi connectivity index (χ4n) is 3.45. The Balaban J connectivity index is 1.62. The van der Waals surface area contributed by atoms with Crippen LogP contribution < -0.4 is 10.1 Å². The number of nitrogens with zero attached hydrogens (tertiary/aromatic N) is 4. The van der Waals surface area contributed by atoms with Crippen molar-refractivity contribution < 1.29 is 14.6 Å². The van der Waals surface area contributed by atoms with Gasteiger partial charge in [0.05, 0.1) is 13.2 Å². The van der Waals surface area contributed by atoms with E-state index >= 15 is 0 Å². The maximum Gasteiger partial charge on any atom is 0.223 e. The summed E-state index contributed by atoms with van der Waals surface area (Å²) >= 11 is 0. The monoisotopic (exact) mass is 401 g/mol. The zero-order valence-electron chi connectivity index (χ0n) is 17.5. The fraction of sp³-hybridized carbons (Fsp3) is 0.571. The lowest BCUT2D eigenvalue weighted by atomic mass is 10.1. The SMILES string of the molecule is CCOc1cccc(CN2CCc3nnc(CNC(=O)C(C)CC)n3CC2)c1O. The van der Waals surface area contributed by atoms with E-state index < -0.39 is 0 Å². The van der Waals surface area contributed by atoms with Crippen LogP contribution >= 0.6 is 0 Å². The Morgan fingerprint density at radius 2 is 2.10 bits per heavy atom. The van der Waals surface area contributed by atoms with Crippen LogP contribution in [0, 0.1) is 5.92 Å². The van der Waals surface area contributed by atoms with E-state index in [1.54, 1.807) is 6.07 Å². The van der Waals surface area contributed by atoms with Crippen molar-refractivity contribution in [2.24, 2.45) is 5.92 Å². The molecule has 1 aromatic heterocycles. The number of ether oxygens (including phenoxy) is 1. The van der Waals surface area contributed by atoms with Gasteiger partial charge < -0.3 is 19.7 Å². The summed E-state index contributed by atoms with van der Waals surface area (Å²) < 4.78 is 7.60. The van der Waals surface area contributed by atoms with Gasteiger partial charge in [-0.25, -0.2) is 0 Å². The first-order valence-electron chi connectivity index (χ1n) is 10.4. The molecule has 2 aromatic rings. The van der Waals surface area contributed by atoms with Crippen molar-refractivity contribution in [1.82, 2.24) is 25.0 Å². The number of benzene rings is 1. The molecular weight excluding hydrogens is 370 g/mol. The summed E-state index contributed by atoms with van der Waals surface area (Å²) in [4.78, 5) is 14.3. The van der Waals surface area contributed by atoms with Crippen molar-refractivity contribution in [3.05, 3.63) is 35.4 Å². The minimum absolute atomic E-state index is 0.00264. The van der Waals surface area contributed by atoms with Gasteiger partial charge in [0, 0.05) is 44.1 Å². The number of rotatable bonds is 8. The lowest BCUT2D eigenvalue weighted by Crippen LogP contribution is -2.30. The van der Waals surface area contributed by atoms with Crippen LogP contribution in [0.5, 0.6) is 11.5 Å². The smallest absolute Gasteiger partial charge is 0.223 e. The Kier molecular flexibility index (Phi) is 7.09. The molecule has 8 heteroatoms. The van der Waals surface area contributed by atoms with Crippen LogP contribution in [0.15, 0.2) is 18.2 Å². The molecule has 0 spiro atoms. The van der Waals surface area contributed by atoms with E-state index in [9.17, 15) is 9.90 Å². The topological polar surface area (TPSA) is 92.5 Å². The number of para-hydroxylation sites is 1. The minimum Gasteiger partial charge on any atom is -0.504 e. The van der Waals surface area contributed by atoms with E-state index in [1.165, 1.54) is 0 Å². The number of fused-ring (bicyclic) bond motifs is 1. The molecule has 0 aliphatic carbocycles. The second kappa shape index (κ2) is 9.73. The van der Waals surface area contributed by atoms with E-state index in [2.05, 4.69) is 25.0 Å². The van der Waals surface area contributed by atoms with Gasteiger partial charge in [0.2, 0.25) is 5.91 Å². The van der Waals surface area contributed by atoms with Gasteiger partial charge >= 0.3 is 0 Å². The largest absolute Gasteiger partial charge is 0.504 e. The third kappa shape index (κ3) is 5.06. The minimum atomic E-state index is -0.00264. The molecule has 1 aliphatic heterocycles. The molecule has 8 nitrogen and oxygen atoms in total. The number of phenolic OH excluding ortho intramolecular Hbond substituents is 1. The molecule has 3 rings (SSSR count). The first kappa shape index (κ1) is 21.1. The number of aromatic nitrogens is 3. The van der Waals surface area contributed by atoms with Gasteiger partial charge in [0.15, 0.2) is 17.3 Å². The van der Waals surface area contributed by atoms with Crippen molar-refractivity contribution in [2.45, 2.75) is 53.2 Å².